The van der Waals surface area contributed by atoms with E-state index in [-0.39, 0.29) is 5.76 Å². The topological polar surface area (TPSA) is 43.4 Å². The van der Waals surface area contributed by atoms with E-state index in [1.807, 2.05) is 0 Å². The highest BCUT2D eigenvalue weighted by Crippen LogP contribution is 2.28. The van der Waals surface area contributed by atoms with E-state index >= 15 is 0 Å². The zero-order chi connectivity index (χ0) is 11.7. The number of allylic oxidation sites excluding steroid dienone is 4. The molecule has 1 aliphatic carbocycles. The summed E-state index contributed by atoms with van der Waals surface area (Å²) in [6.45, 7) is 3.47. The van der Waals surface area contributed by atoms with Crippen LogP contribution in [0.15, 0.2) is 36.1 Å². The molecule has 0 saturated carbocycles. The van der Waals surface area contributed by atoms with Crippen LogP contribution >= 0.6 is 0 Å². The van der Waals surface area contributed by atoms with E-state index in [2.05, 4.69) is 10.8 Å². The van der Waals surface area contributed by atoms with Crippen molar-refractivity contribution in [3.63, 3.8) is 0 Å². The quantitative estimate of drug-likeness (QED) is 0.549. The maximum Gasteiger partial charge on any atom is 0.534 e. The molecular formula is C8H7F3O3S. The molecule has 0 unspecified atom stereocenters. The Labute approximate surface area is 84.7 Å². The lowest BCUT2D eigenvalue weighted by Crippen LogP contribution is -2.25. The van der Waals surface area contributed by atoms with Gasteiger partial charge in [0.1, 0.15) is 5.76 Å². The van der Waals surface area contributed by atoms with Crippen molar-refractivity contribution in [3.8, 4) is 0 Å². The fourth-order valence-corrected chi connectivity index (χ4v) is 1.31. The second-order valence-electron chi connectivity index (χ2n) is 2.79. The first-order chi connectivity index (χ1) is 6.72. The van der Waals surface area contributed by atoms with E-state index < -0.39 is 15.6 Å². The fraction of sp³-hybridized carbons (Fsp3) is 0.250. The van der Waals surface area contributed by atoms with Gasteiger partial charge < -0.3 is 4.18 Å². The van der Waals surface area contributed by atoms with Crippen LogP contribution in [0, 0.1) is 0 Å². The van der Waals surface area contributed by atoms with Crippen molar-refractivity contribution < 1.29 is 25.8 Å². The van der Waals surface area contributed by atoms with E-state index in [1.54, 1.807) is 0 Å². The fourth-order valence-electron chi connectivity index (χ4n) is 0.860. The standard InChI is InChI=1S/C8H7F3O3S/c1-6-3-2-4-7(5-6)14-15(12,13)8(9,10)11/h2,4-5H,1,3H2. The van der Waals surface area contributed by atoms with E-state index in [0.29, 0.717) is 12.0 Å². The second-order valence-corrected chi connectivity index (χ2v) is 4.33. The van der Waals surface area contributed by atoms with Crippen LogP contribution in [0.1, 0.15) is 6.42 Å². The van der Waals surface area contributed by atoms with E-state index in [9.17, 15) is 21.6 Å². The molecule has 0 aromatic carbocycles. The number of rotatable bonds is 2. The lowest BCUT2D eigenvalue weighted by atomic mass is 10.1. The Hall–Kier alpha value is -1.24. The smallest absolute Gasteiger partial charge is 0.376 e. The summed E-state index contributed by atoms with van der Waals surface area (Å²) in [7, 11) is -5.58. The van der Waals surface area contributed by atoms with Gasteiger partial charge >= 0.3 is 15.6 Å². The van der Waals surface area contributed by atoms with Gasteiger partial charge in [0.15, 0.2) is 0 Å². The molecule has 15 heavy (non-hydrogen) atoms. The minimum Gasteiger partial charge on any atom is -0.376 e. The van der Waals surface area contributed by atoms with Gasteiger partial charge in [0.05, 0.1) is 0 Å². The SMILES string of the molecule is C=C1C=C(OS(=O)(=O)C(F)(F)F)C=CC1. The Morgan fingerprint density at radius 3 is 2.47 bits per heavy atom. The first-order valence-electron chi connectivity index (χ1n) is 3.79. The molecular weight excluding hydrogens is 233 g/mol. The average molecular weight is 240 g/mol. The minimum absolute atomic E-state index is 0.386. The Morgan fingerprint density at radius 1 is 1.40 bits per heavy atom. The van der Waals surface area contributed by atoms with Crippen molar-refractivity contribution in [2.45, 2.75) is 11.9 Å². The Balaban J connectivity index is 2.88. The van der Waals surface area contributed by atoms with Gasteiger partial charge in [-0.2, -0.15) is 21.6 Å². The molecule has 0 saturated heterocycles. The first-order valence-corrected chi connectivity index (χ1v) is 5.20. The highest BCUT2D eigenvalue weighted by atomic mass is 32.2. The van der Waals surface area contributed by atoms with Crippen molar-refractivity contribution in [3.05, 3.63) is 36.1 Å². The molecule has 1 aliphatic rings. The van der Waals surface area contributed by atoms with Crippen molar-refractivity contribution in [1.82, 2.24) is 0 Å². The van der Waals surface area contributed by atoms with E-state index in [0.717, 1.165) is 12.2 Å². The highest BCUT2D eigenvalue weighted by molar-refractivity contribution is 7.87. The maximum absolute atomic E-state index is 11.9. The number of halogens is 3. The number of hydrogen-bond acceptors (Lipinski definition) is 3. The van der Waals surface area contributed by atoms with Gasteiger partial charge in [-0.15, -0.1) is 0 Å². The van der Waals surface area contributed by atoms with Gasteiger partial charge in [-0.3, -0.25) is 0 Å². The van der Waals surface area contributed by atoms with Crippen LogP contribution in [0.4, 0.5) is 13.2 Å². The molecule has 84 valence electrons. The molecule has 7 heteroatoms. The van der Waals surface area contributed by atoms with Crippen LogP contribution in [-0.4, -0.2) is 13.9 Å². The third kappa shape index (κ3) is 2.85. The molecule has 1 rings (SSSR count). The molecule has 0 amide bonds. The van der Waals surface area contributed by atoms with Crippen LogP contribution in [0.2, 0.25) is 0 Å². The van der Waals surface area contributed by atoms with Crippen LogP contribution < -0.4 is 0 Å². The summed E-state index contributed by atoms with van der Waals surface area (Å²) in [5.41, 5.74) is -4.94. The van der Waals surface area contributed by atoms with Crippen LogP contribution in [0.25, 0.3) is 0 Å². The van der Waals surface area contributed by atoms with Gasteiger partial charge in [0.25, 0.3) is 0 Å². The molecule has 3 nitrogen and oxygen atoms in total. The monoisotopic (exact) mass is 240 g/mol. The van der Waals surface area contributed by atoms with Crippen molar-refractivity contribution in [1.29, 1.82) is 0 Å². The summed E-state index contributed by atoms with van der Waals surface area (Å²) in [5, 5.41) is 0. The van der Waals surface area contributed by atoms with Gasteiger partial charge in [-0.05, 0) is 24.1 Å². The van der Waals surface area contributed by atoms with Crippen molar-refractivity contribution >= 4 is 10.1 Å². The molecule has 0 spiro atoms. The van der Waals surface area contributed by atoms with Crippen molar-refractivity contribution in [2.75, 3.05) is 0 Å². The summed E-state index contributed by atoms with van der Waals surface area (Å²) >= 11 is 0. The normalized spacial score (nSPS) is 17.5. The predicted octanol–water partition coefficient (Wildman–Crippen LogP) is 2.25. The molecule has 0 aromatic heterocycles. The maximum atomic E-state index is 11.9. The lowest BCUT2D eigenvalue weighted by molar-refractivity contribution is -0.0519. The summed E-state index contributed by atoms with van der Waals surface area (Å²) in [6.07, 6.45) is 4.21. The molecule has 0 N–H and O–H groups in total. The summed E-state index contributed by atoms with van der Waals surface area (Å²) in [4.78, 5) is 0. The third-order valence-corrected chi connectivity index (χ3v) is 2.48. The van der Waals surface area contributed by atoms with Gasteiger partial charge in [0, 0.05) is 0 Å². The molecule has 0 fully saturated rings. The lowest BCUT2D eigenvalue weighted by Gasteiger charge is -2.12. The van der Waals surface area contributed by atoms with Crippen molar-refractivity contribution in [2.24, 2.45) is 0 Å². The minimum atomic E-state index is -5.58. The summed E-state index contributed by atoms with van der Waals surface area (Å²) in [6, 6.07) is 0. The third-order valence-electron chi connectivity index (χ3n) is 1.50. The molecule has 0 bridgehead atoms. The Morgan fingerprint density at radius 2 is 2.00 bits per heavy atom. The summed E-state index contributed by atoms with van der Waals surface area (Å²) in [5.74, 6) is -0.386. The second kappa shape index (κ2) is 3.73. The van der Waals surface area contributed by atoms with Gasteiger partial charge in [0.2, 0.25) is 0 Å². The van der Waals surface area contributed by atoms with Crippen LogP contribution in [0.3, 0.4) is 0 Å². The number of hydrogen-bond donors (Lipinski definition) is 0. The van der Waals surface area contributed by atoms with Gasteiger partial charge in [-0.1, -0.05) is 12.7 Å². The number of alkyl halides is 3. The molecule has 0 aliphatic heterocycles. The Kier molecular flexibility index (Phi) is 2.94. The summed E-state index contributed by atoms with van der Waals surface area (Å²) < 4.78 is 60.7. The molecule has 0 heterocycles. The average Bonchev–Trinajstić information content (AvgIpc) is 2.00. The van der Waals surface area contributed by atoms with Crippen LogP contribution in [-0.2, 0) is 14.3 Å². The Bertz CT molecular complexity index is 429. The van der Waals surface area contributed by atoms with E-state index in [4.69, 9.17) is 0 Å². The zero-order valence-corrected chi connectivity index (χ0v) is 8.23. The highest BCUT2D eigenvalue weighted by Gasteiger charge is 2.48. The molecule has 0 aromatic rings. The molecule has 0 atom stereocenters. The van der Waals surface area contributed by atoms with Crippen LogP contribution in [0.5, 0.6) is 0 Å². The van der Waals surface area contributed by atoms with Gasteiger partial charge in [-0.25, -0.2) is 0 Å². The first kappa shape index (κ1) is 11.8. The largest absolute Gasteiger partial charge is 0.534 e. The predicted molar refractivity (Wildman–Crippen MR) is 47.0 cm³/mol. The molecule has 0 radical (unpaired) electrons. The zero-order valence-electron chi connectivity index (χ0n) is 7.41. The van der Waals surface area contributed by atoms with E-state index in [1.165, 1.54) is 6.08 Å².